The highest BCUT2D eigenvalue weighted by Crippen LogP contribution is 2.23. The molecule has 0 saturated carbocycles. The van der Waals surface area contributed by atoms with Gasteiger partial charge < -0.3 is 15.4 Å². The van der Waals surface area contributed by atoms with Crippen LogP contribution in [0.25, 0.3) is 0 Å². The molecule has 0 saturated heterocycles. The number of nitrogens with zero attached hydrogens (tertiary/aromatic N) is 1. The summed E-state index contributed by atoms with van der Waals surface area (Å²) in [6.07, 6.45) is -0.738. The number of hydrogen-bond donors (Lipinski definition) is 2. The minimum atomic E-state index is -0.908. The van der Waals surface area contributed by atoms with Crippen molar-refractivity contribution in [2.24, 2.45) is 0 Å². The van der Waals surface area contributed by atoms with Crippen molar-refractivity contribution in [3.63, 3.8) is 0 Å². The van der Waals surface area contributed by atoms with Crippen LogP contribution in [-0.2, 0) is 9.53 Å². The van der Waals surface area contributed by atoms with Crippen LogP contribution in [-0.4, -0.2) is 28.6 Å². The lowest BCUT2D eigenvalue weighted by Crippen LogP contribution is -2.44. The third-order valence-electron chi connectivity index (χ3n) is 2.49. The van der Waals surface area contributed by atoms with E-state index in [1.54, 1.807) is 26.8 Å². The molecular weight excluding hydrogens is 290 g/mol. The van der Waals surface area contributed by atoms with Gasteiger partial charge in [0.1, 0.15) is 17.3 Å². The Morgan fingerprint density at radius 3 is 2.41 bits per heavy atom. The Bertz CT molecular complexity index is 580. The zero-order valence-corrected chi connectivity index (χ0v) is 12.9. The number of nitro benzene ring substituents is 1. The second-order valence-corrected chi connectivity index (χ2v) is 5.63. The second kappa shape index (κ2) is 6.88. The Balaban J connectivity index is 2.69. The van der Waals surface area contributed by atoms with Gasteiger partial charge in [-0.3, -0.25) is 14.9 Å². The maximum absolute atomic E-state index is 12.0. The molecule has 8 heteroatoms. The van der Waals surface area contributed by atoms with Crippen molar-refractivity contribution in [3.8, 4) is 0 Å². The van der Waals surface area contributed by atoms with Gasteiger partial charge in [0, 0.05) is 6.07 Å². The highest BCUT2D eigenvalue weighted by atomic mass is 16.6. The second-order valence-electron chi connectivity index (χ2n) is 5.63. The number of hydrogen-bond acceptors (Lipinski definition) is 5. The Kier molecular flexibility index (Phi) is 5.44. The van der Waals surface area contributed by atoms with Gasteiger partial charge in [-0.25, -0.2) is 4.79 Å². The van der Waals surface area contributed by atoms with E-state index < -0.39 is 28.6 Å². The first-order chi connectivity index (χ1) is 10.1. The predicted octanol–water partition coefficient (Wildman–Crippen LogP) is 2.45. The van der Waals surface area contributed by atoms with Gasteiger partial charge in [-0.15, -0.1) is 0 Å². The van der Waals surface area contributed by atoms with Gasteiger partial charge in [0.15, 0.2) is 0 Å². The number of anilines is 1. The van der Waals surface area contributed by atoms with Gasteiger partial charge in [-0.05, 0) is 33.8 Å². The summed E-state index contributed by atoms with van der Waals surface area (Å²) < 4.78 is 5.03. The minimum absolute atomic E-state index is 0.0651. The van der Waals surface area contributed by atoms with Crippen LogP contribution in [0.2, 0.25) is 0 Å². The highest BCUT2D eigenvalue weighted by Gasteiger charge is 2.22. The lowest BCUT2D eigenvalue weighted by Gasteiger charge is -2.21. The maximum atomic E-state index is 12.0. The van der Waals surface area contributed by atoms with Crippen molar-refractivity contribution in [1.29, 1.82) is 0 Å². The fourth-order valence-electron chi connectivity index (χ4n) is 1.53. The highest BCUT2D eigenvalue weighted by molar-refractivity contribution is 5.97. The van der Waals surface area contributed by atoms with Gasteiger partial charge in [0.25, 0.3) is 5.69 Å². The van der Waals surface area contributed by atoms with Crippen LogP contribution >= 0.6 is 0 Å². The standard InChI is InChI=1S/C14H19N3O5/c1-9(15-13(19)22-14(2,3)4)12(18)16-10-7-5-6-8-11(10)17(20)21/h5-9H,1-4H3,(H,15,19)(H,16,18)/t9-/m0/s1. The number of amides is 2. The lowest BCUT2D eigenvalue weighted by molar-refractivity contribution is -0.383. The van der Waals surface area contributed by atoms with Crippen LogP contribution in [0, 0.1) is 10.1 Å². The fraction of sp³-hybridized carbons (Fsp3) is 0.429. The summed E-state index contributed by atoms with van der Waals surface area (Å²) in [7, 11) is 0. The van der Waals surface area contributed by atoms with Gasteiger partial charge in [0.2, 0.25) is 5.91 Å². The molecule has 0 radical (unpaired) electrons. The Hall–Kier alpha value is -2.64. The van der Waals surface area contributed by atoms with E-state index >= 15 is 0 Å². The number of ether oxygens (including phenoxy) is 1. The van der Waals surface area contributed by atoms with Gasteiger partial charge in [0.05, 0.1) is 4.92 Å². The molecule has 0 unspecified atom stereocenters. The van der Waals surface area contributed by atoms with Crippen molar-refractivity contribution >= 4 is 23.4 Å². The van der Waals surface area contributed by atoms with E-state index in [1.807, 2.05) is 0 Å². The molecule has 120 valence electrons. The Morgan fingerprint density at radius 1 is 1.27 bits per heavy atom. The van der Waals surface area contributed by atoms with Crippen LogP contribution in [0.5, 0.6) is 0 Å². The molecular formula is C14H19N3O5. The number of nitrogens with one attached hydrogen (secondary N) is 2. The summed E-state index contributed by atoms with van der Waals surface area (Å²) in [5.41, 5.74) is -0.839. The van der Waals surface area contributed by atoms with Gasteiger partial charge >= 0.3 is 6.09 Å². The van der Waals surface area contributed by atoms with E-state index in [0.29, 0.717) is 0 Å². The summed E-state index contributed by atoms with van der Waals surface area (Å²) in [6.45, 7) is 6.55. The molecule has 1 atom stereocenters. The summed E-state index contributed by atoms with van der Waals surface area (Å²) in [4.78, 5) is 33.8. The average molecular weight is 309 g/mol. The third kappa shape index (κ3) is 5.39. The van der Waals surface area contributed by atoms with Crippen LogP contribution < -0.4 is 10.6 Å². The molecule has 0 aliphatic heterocycles. The van der Waals surface area contributed by atoms with E-state index in [1.165, 1.54) is 25.1 Å². The SMILES string of the molecule is C[C@H](NC(=O)OC(C)(C)C)C(=O)Nc1ccccc1[N+](=O)[O-]. The zero-order valence-electron chi connectivity index (χ0n) is 12.9. The monoisotopic (exact) mass is 309 g/mol. The zero-order chi connectivity index (χ0) is 16.9. The van der Waals surface area contributed by atoms with Crippen molar-refractivity contribution in [2.45, 2.75) is 39.3 Å². The van der Waals surface area contributed by atoms with E-state index in [0.717, 1.165) is 0 Å². The van der Waals surface area contributed by atoms with E-state index in [9.17, 15) is 19.7 Å². The van der Waals surface area contributed by atoms with Crippen LogP contribution in [0.1, 0.15) is 27.7 Å². The lowest BCUT2D eigenvalue weighted by atomic mass is 10.2. The number of alkyl carbamates (subject to hydrolysis) is 1. The third-order valence-corrected chi connectivity index (χ3v) is 2.49. The molecule has 0 aliphatic carbocycles. The van der Waals surface area contributed by atoms with Crippen LogP contribution in [0.4, 0.5) is 16.2 Å². The molecule has 1 aromatic rings. The molecule has 8 nitrogen and oxygen atoms in total. The Morgan fingerprint density at radius 2 is 1.86 bits per heavy atom. The van der Waals surface area contributed by atoms with Crippen molar-refractivity contribution < 1.29 is 19.2 Å². The summed E-state index contributed by atoms with van der Waals surface area (Å²) in [6, 6.07) is 4.84. The first-order valence-corrected chi connectivity index (χ1v) is 6.64. The molecule has 0 heterocycles. The first-order valence-electron chi connectivity index (χ1n) is 6.64. The van der Waals surface area contributed by atoms with Crippen molar-refractivity contribution in [1.82, 2.24) is 5.32 Å². The number of carbonyl (C=O) groups is 2. The van der Waals surface area contributed by atoms with Gasteiger partial charge in [-0.1, -0.05) is 12.1 Å². The molecule has 1 rings (SSSR count). The molecule has 2 amide bonds. The molecule has 2 N–H and O–H groups in total. The summed E-state index contributed by atoms with van der Waals surface area (Å²) in [5, 5.41) is 15.6. The van der Waals surface area contributed by atoms with E-state index in [4.69, 9.17) is 4.74 Å². The molecule has 0 bridgehead atoms. The maximum Gasteiger partial charge on any atom is 0.408 e. The van der Waals surface area contributed by atoms with E-state index in [2.05, 4.69) is 10.6 Å². The number of carbonyl (C=O) groups excluding carboxylic acids is 2. The summed E-state index contributed by atoms with van der Waals surface area (Å²) in [5.74, 6) is -0.583. The minimum Gasteiger partial charge on any atom is -0.444 e. The summed E-state index contributed by atoms with van der Waals surface area (Å²) >= 11 is 0. The molecule has 0 aliphatic rings. The number of nitro groups is 1. The average Bonchev–Trinajstić information content (AvgIpc) is 2.36. The van der Waals surface area contributed by atoms with Gasteiger partial charge in [-0.2, -0.15) is 0 Å². The quantitative estimate of drug-likeness (QED) is 0.655. The molecule has 0 fully saturated rings. The number of para-hydroxylation sites is 2. The Labute approximate surface area is 128 Å². The van der Waals surface area contributed by atoms with Crippen LogP contribution in [0.15, 0.2) is 24.3 Å². The van der Waals surface area contributed by atoms with E-state index in [-0.39, 0.29) is 11.4 Å². The normalized spacial score (nSPS) is 12.2. The van der Waals surface area contributed by atoms with Crippen molar-refractivity contribution in [2.75, 3.05) is 5.32 Å². The topological polar surface area (TPSA) is 111 Å². The van der Waals surface area contributed by atoms with Crippen LogP contribution in [0.3, 0.4) is 0 Å². The molecule has 1 aromatic carbocycles. The predicted molar refractivity (Wildman–Crippen MR) is 80.6 cm³/mol. The smallest absolute Gasteiger partial charge is 0.408 e. The van der Waals surface area contributed by atoms with Crippen molar-refractivity contribution in [3.05, 3.63) is 34.4 Å². The first kappa shape index (κ1) is 17.4. The molecule has 22 heavy (non-hydrogen) atoms. The molecule has 0 spiro atoms. The number of rotatable bonds is 4. The largest absolute Gasteiger partial charge is 0.444 e. The number of benzene rings is 1. The molecule has 0 aromatic heterocycles. The fourth-order valence-corrected chi connectivity index (χ4v) is 1.53.